The molecule has 0 atom stereocenters. The average Bonchev–Trinajstić information content (AvgIpc) is 2.26. The number of hydrogen-bond donors (Lipinski definition) is 1. The summed E-state index contributed by atoms with van der Waals surface area (Å²) in [6.45, 7) is 2.14. The van der Waals surface area contributed by atoms with E-state index in [0.717, 1.165) is 24.8 Å². The molecule has 4 heteroatoms. The summed E-state index contributed by atoms with van der Waals surface area (Å²) in [6.07, 6.45) is 5.22. The fourth-order valence-corrected chi connectivity index (χ4v) is 1.64. The summed E-state index contributed by atoms with van der Waals surface area (Å²) in [7, 11) is 0. The largest absolute Gasteiger partial charge is 1.00 e. The quantitative estimate of drug-likeness (QED) is 0.546. The van der Waals surface area contributed by atoms with Crippen molar-refractivity contribution in [1.82, 2.24) is 0 Å². The number of rotatable bonds is 6. The van der Waals surface area contributed by atoms with Gasteiger partial charge in [0.05, 0.1) is 5.56 Å². The Morgan fingerprint density at radius 1 is 1.29 bits per heavy atom. The fraction of sp³-hybridized carbons (Fsp3) is 0.462. The van der Waals surface area contributed by atoms with Gasteiger partial charge in [0.25, 0.3) is 0 Å². The van der Waals surface area contributed by atoms with E-state index in [1.165, 1.54) is 25.0 Å². The van der Waals surface area contributed by atoms with Gasteiger partial charge in [-0.05, 0) is 18.9 Å². The molecule has 17 heavy (non-hydrogen) atoms. The summed E-state index contributed by atoms with van der Waals surface area (Å²) >= 11 is 0. The van der Waals surface area contributed by atoms with E-state index >= 15 is 0 Å². The molecule has 0 unspecified atom stereocenters. The number of aryl methyl sites for hydroxylation is 1. The molecule has 0 spiro atoms. The van der Waals surface area contributed by atoms with Crippen LogP contribution in [0.2, 0.25) is 0 Å². The second kappa shape index (κ2) is 8.56. The Labute approximate surface area is 124 Å². The maximum atomic E-state index is 11.5. The molecule has 0 radical (unpaired) electrons. The Bertz CT molecular complexity index is 364. The SMILES string of the molecule is CCCCCCc1ccc(C(=O)O)cc1[O-].[Na+]. The zero-order chi connectivity index (χ0) is 12.0. The van der Waals surface area contributed by atoms with Gasteiger partial charge in [0, 0.05) is 0 Å². The van der Waals surface area contributed by atoms with Crippen LogP contribution in [-0.4, -0.2) is 11.1 Å². The molecule has 88 valence electrons. The summed E-state index contributed by atoms with van der Waals surface area (Å²) in [5.74, 6) is -1.20. The minimum Gasteiger partial charge on any atom is -0.872 e. The molecule has 1 aromatic rings. The van der Waals surface area contributed by atoms with Gasteiger partial charge >= 0.3 is 35.5 Å². The number of carboxylic acid groups (broad SMARTS) is 1. The van der Waals surface area contributed by atoms with Crippen LogP contribution in [0.25, 0.3) is 0 Å². The smallest absolute Gasteiger partial charge is 0.872 e. The Morgan fingerprint density at radius 2 is 2.00 bits per heavy atom. The maximum absolute atomic E-state index is 11.5. The first-order chi connectivity index (χ1) is 7.65. The Kier molecular flexibility index (Phi) is 8.30. The number of carbonyl (C=O) groups is 1. The van der Waals surface area contributed by atoms with E-state index in [0.29, 0.717) is 0 Å². The van der Waals surface area contributed by atoms with Crippen LogP contribution in [0.3, 0.4) is 0 Å². The Morgan fingerprint density at radius 3 is 2.53 bits per heavy atom. The van der Waals surface area contributed by atoms with Crippen LogP contribution >= 0.6 is 0 Å². The third-order valence-electron chi connectivity index (χ3n) is 2.61. The molecular formula is C13H17NaO3. The van der Waals surface area contributed by atoms with E-state index in [1.54, 1.807) is 6.07 Å². The molecule has 1 N–H and O–H groups in total. The van der Waals surface area contributed by atoms with E-state index in [2.05, 4.69) is 6.92 Å². The molecule has 0 aliphatic rings. The molecule has 0 saturated carbocycles. The molecule has 1 aromatic carbocycles. The molecule has 0 amide bonds. The van der Waals surface area contributed by atoms with Gasteiger partial charge < -0.3 is 10.2 Å². The molecule has 1 rings (SSSR count). The van der Waals surface area contributed by atoms with Crippen molar-refractivity contribution in [3.8, 4) is 5.75 Å². The summed E-state index contributed by atoms with van der Waals surface area (Å²) in [5.41, 5.74) is 0.795. The standard InChI is InChI=1S/C13H18O3.Na/c1-2-3-4-5-6-10-7-8-11(13(15)16)9-12(10)14;/h7-9,14H,2-6H2,1H3,(H,15,16);/q;+1/p-1. The van der Waals surface area contributed by atoms with Crippen molar-refractivity contribution in [2.75, 3.05) is 0 Å². The average molecular weight is 244 g/mol. The number of hydrogen-bond acceptors (Lipinski definition) is 2. The predicted molar refractivity (Wildman–Crippen MR) is 60.7 cm³/mol. The van der Waals surface area contributed by atoms with Crippen molar-refractivity contribution >= 4 is 5.97 Å². The minimum absolute atomic E-state index is 0. The topological polar surface area (TPSA) is 60.4 Å². The molecular weight excluding hydrogens is 227 g/mol. The molecule has 0 heterocycles. The zero-order valence-corrected chi connectivity index (χ0v) is 12.5. The summed E-state index contributed by atoms with van der Waals surface area (Å²) in [4.78, 5) is 10.6. The van der Waals surface area contributed by atoms with Gasteiger partial charge in [0.1, 0.15) is 0 Å². The maximum Gasteiger partial charge on any atom is 1.00 e. The fourth-order valence-electron chi connectivity index (χ4n) is 1.64. The third-order valence-corrected chi connectivity index (χ3v) is 2.61. The molecule has 0 bridgehead atoms. The third kappa shape index (κ3) is 5.57. The second-order valence-corrected chi connectivity index (χ2v) is 3.94. The normalized spacial score (nSPS) is 9.71. The molecule has 0 saturated heterocycles. The van der Waals surface area contributed by atoms with Crippen LogP contribution in [0.5, 0.6) is 5.75 Å². The van der Waals surface area contributed by atoms with Gasteiger partial charge in [-0.25, -0.2) is 4.79 Å². The van der Waals surface area contributed by atoms with Crippen LogP contribution in [0.15, 0.2) is 18.2 Å². The minimum atomic E-state index is -1.05. The van der Waals surface area contributed by atoms with Crippen LogP contribution in [0, 0.1) is 0 Å². The first-order valence-corrected chi connectivity index (χ1v) is 5.68. The first kappa shape index (κ1) is 16.5. The van der Waals surface area contributed by atoms with Crippen LogP contribution in [0.1, 0.15) is 48.5 Å². The number of carboxylic acids is 1. The number of benzene rings is 1. The van der Waals surface area contributed by atoms with Crippen molar-refractivity contribution in [1.29, 1.82) is 0 Å². The first-order valence-electron chi connectivity index (χ1n) is 5.68. The molecule has 0 fully saturated rings. The zero-order valence-electron chi connectivity index (χ0n) is 10.5. The van der Waals surface area contributed by atoms with E-state index in [1.807, 2.05) is 0 Å². The van der Waals surface area contributed by atoms with Crippen molar-refractivity contribution in [3.05, 3.63) is 29.3 Å². The van der Waals surface area contributed by atoms with Gasteiger partial charge in [-0.2, -0.15) is 0 Å². The molecule has 3 nitrogen and oxygen atoms in total. The van der Waals surface area contributed by atoms with Crippen LogP contribution in [0.4, 0.5) is 0 Å². The monoisotopic (exact) mass is 244 g/mol. The van der Waals surface area contributed by atoms with Gasteiger partial charge in [0.2, 0.25) is 0 Å². The van der Waals surface area contributed by atoms with Crippen LogP contribution in [-0.2, 0) is 6.42 Å². The van der Waals surface area contributed by atoms with E-state index in [4.69, 9.17) is 5.11 Å². The van der Waals surface area contributed by atoms with E-state index in [-0.39, 0.29) is 40.9 Å². The Hall–Kier alpha value is -0.510. The van der Waals surface area contributed by atoms with Crippen molar-refractivity contribution in [2.45, 2.75) is 39.0 Å². The molecule has 0 aliphatic heterocycles. The van der Waals surface area contributed by atoms with Gasteiger partial charge in [-0.3, -0.25) is 0 Å². The van der Waals surface area contributed by atoms with Crippen LogP contribution < -0.4 is 34.7 Å². The molecule has 0 aromatic heterocycles. The van der Waals surface area contributed by atoms with Gasteiger partial charge in [-0.1, -0.05) is 43.9 Å². The van der Waals surface area contributed by atoms with Gasteiger partial charge in [0.15, 0.2) is 0 Å². The predicted octanol–water partition coefficient (Wildman–Crippen LogP) is -0.415. The molecule has 0 aliphatic carbocycles. The second-order valence-electron chi connectivity index (χ2n) is 3.94. The Balaban J connectivity index is 0.00000256. The van der Waals surface area contributed by atoms with Gasteiger partial charge in [-0.15, -0.1) is 5.75 Å². The van der Waals surface area contributed by atoms with Crippen molar-refractivity contribution < 1.29 is 44.6 Å². The van der Waals surface area contributed by atoms with Crippen molar-refractivity contribution in [2.24, 2.45) is 0 Å². The summed E-state index contributed by atoms with van der Waals surface area (Å²) in [6, 6.07) is 4.34. The van der Waals surface area contributed by atoms with Crippen molar-refractivity contribution in [3.63, 3.8) is 0 Å². The van der Waals surface area contributed by atoms with E-state index in [9.17, 15) is 9.90 Å². The number of aromatic carboxylic acids is 1. The number of unbranched alkanes of at least 4 members (excludes halogenated alkanes) is 3. The summed E-state index contributed by atoms with van der Waals surface area (Å²) < 4.78 is 0. The summed E-state index contributed by atoms with van der Waals surface area (Å²) in [5, 5.41) is 20.3. The van der Waals surface area contributed by atoms with E-state index < -0.39 is 5.97 Å².